The zero-order valence-electron chi connectivity index (χ0n) is 22.4. The molecule has 0 radical (unpaired) electrons. The molecule has 1 aliphatic carbocycles. The summed E-state index contributed by atoms with van der Waals surface area (Å²) in [4.78, 5) is 34.8. The molecule has 6 nitrogen and oxygen atoms in total. The Morgan fingerprint density at radius 3 is 2.44 bits per heavy atom. The van der Waals surface area contributed by atoms with Gasteiger partial charge in [-0.25, -0.2) is 4.39 Å². The van der Waals surface area contributed by atoms with Gasteiger partial charge in [-0.15, -0.1) is 0 Å². The Hall–Kier alpha value is -3.95. The number of carbonyl (C=O) groups is 2. The molecule has 1 aromatic heterocycles. The number of hydrogen-bond acceptors (Lipinski definition) is 4. The van der Waals surface area contributed by atoms with Crippen molar-refractivity contribution >= 4 is 17.5 Å². The van der Waals surface area contributed by atoms with Crippen molar-refractivity contribution < 1.29 is 27.2 Å². The van der Waals surface area contributed by atoms with Crippen LogP contribution in [-0.2, 0) is 12.6 Å². The van der Waals surface area contributed by atoms with Crippen LogP contribution in [0.15, 0.2) is 60.9 Å². The van der Waals surface area contributed by atoms with Crippen LogP contribution in [0.5, 0.6) is 0 Å². The maximum absolute atomic E-state index is 14.4. The summed E-state index contributed by atoms with van der Waals surface area (Å²) in [6, 6.07) is 11.2. The van der Waals surface area contributed by atoms with Crippen LogP contribution in [0, 0.1) is 11.2 Å². The average Bonchev–Trinajstić information content (AvgIpc) is 3.57. The van der Waals surface area contributed by atoms with E-state index in [4.69, 9.17) is 0 Å². The molecule has 2 aromatic carbocycles. The zero-order valence-corrected chi connectivity index (χ0v) is 22.4. The molecule has 1 spiro atoms. The number of likely N-dealkylation sites (tertiary alicyclic amines) is 1. The maximum atomic E-state index is 14.4. The van der Waals surface area contributed by atoms with E-state index in [1.807, 2.05) is 23.1 Å². The van der Waals surface area contributed by atoms with E-state index in [1.165, 1.54) is 0 Å². The number of alkyl halides is 3. The van der Waals surface area contributed by atoms with Gasteiger partial charge < -0.3 is 15.1 Å². The number of rotatable bonds is 4. The van der Waals surface area contributed by atoms with Crippen LogP contribution < -0.4 is 10.2 Å². The van der Waals surface area contributed by atoms with E-state index in [1.54, 1.807) is 24.5 Å². The van der Waals surface area contributed by atoms with Gasteiger partial charge >= 0.3 is 6.18 Å². The summed E-state index contributed by atoms with van der Waals surface area (Å²) >= 11 is 0. The second-order valence-electron chi connectivity index (χ2n) is 11.3. The van der Waals surface area contributed by atoms with E-state index in [0.717, 1.165) is 55.7 Å². The first-order valence-electron chi connectivity index (χ1n) is 13.9. The van der Waals surface area contributed by atoms with E-state index in [-0.39, 0.29) is 11.3 Å². The molecule has 2 aliphatic heterocycles. The first kappa shape index (κ1) is 27.2. The van der Waals surface area contributed by atoms with Crippen molar-refractivity contribution in [2.75, 3.05) is 31.1 Å². The van der Waals surface area contributed by atoms with Crippen LogP contribution in [0.3, 0.4) is 0 Å². The number of anilines is 1. The van der Waals surface area contributed by atoms with Gasteiger partial charge in [0.1, 0.15) is 5.82 Å². The molecule has 2 fully saturated rings. The Morgan fingerprint density at radius 1 is 0.976 bits per heavy atom. The van der Waals surface area contributed by atoms with Crippen molar-refractivity contribution in [2.45, 2.75) is 44.3 Å². The molecule has 1 N–H and O–H groups in total. The monoisotopic (exact) mass is 566 g/mol. The molecule has 2 saturated heterocycles. The molecular weight excluding hydrogens is 536 g/mol. The third-order valence-corrected chi connectivity index (χ3v) is 8.90. The van der Waals surface area contributed by atoms with Gasteiger partial charge in [0.05, 0.1) is 17.2 Å². The third kappa shape index (κ3) is 5.27. The molecule has 0 bridgehead atoms. The number of nitrogens with one attached hydrogen (secondary N) is 1. The van der Waals surface area contributed by atoms with E-state index < -0.39 is 35.1 Å². The lowest BCUT2D eigenvalue weighted by Gasteiger charge is -2.40. The number of piperidine rings is 1. The number of carbonyl (C=O) groups excluding carboxylic acids is 2. The van der Waals surface area contributed by atoms with Gasteiger partial charge in [-0.05, 0) is 85.0 Å². The Kier molecular flexibility index (Phi) is 6.95. The van der Waals surface area contributed by atoms with Crippen LogP contribution in [-0.4, -0.2) is 47.9 Å². The Morgan fingerprint density at radius 2 is 1.71 bits per heavy atom. The standard InChI is InChI=1S/C31H30F4N4O2/c32-25-3-1-2-24(31(33,34)35)27(25)28(40)37-26-7-6-20-4-5-21(18-23(20)26)29(41)39-17-12-30(19-39)10-15-38(16-11-30)22-8-13-36-14-9-22/h1-5,8-9,13-14,18,26H,6-7,10-12,15-17,19H2,(H,37,40). The minimum atomic E-state index is -4.87. The van der Waals surface area contributed by atoms with Gasteiger partial charge in [-0.3, -0.25) is 14.6 Å². The molecule has 3 heterocycles. The summed E-state index contributed by atoms with van der Waals surface area (Å²) in [5.41, 5.74) is 1.00. The molecule has 3 aliphatic rings. The quantitative estimate of drug-likeness (QED) is 0.406. The normalized spacial score (nSPS) is 19.9. The average molecular weight is 567 g/mol. The number of fused-ring (bicyclic) bond motifs is 1. The number of amides is 2. The van der Waals surface area contributed by atoms with Crippen molar-refractivity contribution in [1.29, 1.82) is 0 Å². The summed E-state index contributed by atoms with van der Waals surface area (Å²) in [5.74, 6) is -2.44. The van der Waals surface area contributed by atoms with Crippen LogP contribution in [0.25, 0.3) is 0 Å². The predicted octanol–water partition coefficient (Wildman–Crippen LogP) is 5.79. The number of benzene rings is 2. The van der Waals surface area contributed by atoms with Gasteiger partial charge in [0.2, 0.25) is 0 Å². The summed E-state index contributed by atoms with van der Waals surface area (Å²) in [7, 11) is 0. The highest BCUT2D eigenvalue weighted by molar-refractivity contribution is 5.97. The number of pyridine rings is 1. The minimum Gasteiger partial charge on any atom is -0.371 e. The van der Waals surface area contributed by atoms with Crippen molar-refractivity contribution in [3.05, 3.63) is 94.6 Å². The molecule has 6 rings (SSSR count). The number of aromatic nitrogens is 1. The SMILES string of the molecule is O=C(NC1CCc2ccc(C(=O)N3CCC4(CCN(c5ccncc5)CC4)C3)cc21)c1c(F)cccc1C(F)(F)F. The summed E-state index contributed by atoms with van der Waals surface area (Å²) < 4.78 is 54.8. The molecule has 214 valence electrons. The maximum Gasteiger partial charge on any atom is 0.417 e. The molecule has 0 saturated carbocycles. The van der Waals surface area contributed by atoms with E-state index in [2.05, 4.69) is 15.2 Å². The first-order valence-corrected chi connectivity index (χ1v) is 13.9. The van der Waals surface area contributed by atoms with E-state index in [9.17, 15) is 27.2 Å². The highest BCUT2D eigenvalue weighted by Gasteiger charge is 2.43. The second-order valence-corrected chi connectivity index (χ2v) is 11.3. The zero-order chi connectivity index (χ0) is 28.8. The molecule has 1 atom stereocenters. The largest absolute Gasteiger partial charge is 0.417 e. The lowest BCUT2D eigenvalue weighted by Crippen LogP contribution is -2.42. The lowest BCUT2D eigenvalue weighted by molar-refractivity contribution is -0.138. The molecule has 3 aromatic rings. The van der Waals surface area contributed by atoms with Gasteiger partial charge in [0, 0.05) is 49.8 Å². The van der Waals surface area contributed by atoms with Crippen LogP contribution >= 0.6 is 0 Å². The van der Waals surface area contributed by atoms with Crippen LogP contribution in [0.2, 0.25) is 0 Å². The number of hydrogen-bond donors (Lipinski definition) is 1. The molecular formula is C31H30F4N4O2. The van der Waals surface area contributed by atoms with Gasteiger partial charge in [-0.1, -0.05) is 12.1 Å². The topological polar surface area (TPSA) is 65.5 Å². The molecule has 10 heteroatoms. The molecule has 2 amide bonds. The Bertz CT molecular complexity index is 1470. The minimum absolute atomic E-state index is 0.0857. The summed E-state index contributed by atoms with van der Waals surface area (Å²) in [6.45, 7) is 3.19. The Balaban J connectivity index is 1.14. The fourth-order valence-electron chi connectivity index (χ4n) is 6.60. The predicted molar refractivity (Wildman–Crippen MR) is 145 cm³/mol. The smallest absolute Gasteiger partial charge is 0.371 e. The third-order valence-electron chi connectivity index (χ3n) is 8.90. The number of nitrogens with zero attached hydrogens (tertiary/aromatic N) is 3. The first-order chi connectivity index (χ1) is 19.6. The van der Waals surface area contributed by atoms with Gasteiger partial charge in [-0.2, -0.15) is 13.2 Å². The molecule has 1 unspecified atom stereocenters. The van der Waals surface area contributed by atoms with Crippen molar-refractivity contribution in [2.24, 2.45) is 5.41 Å². The fraction of sp³-hybridized carbons (Fsp3) is 0.387. The van der Waals surface area contributed by atoms with Crippen molar-refractivity contribution in [3.8, 4) is 0 Å². The van der Waals surface area contributed by atoms with Gasteiger partial charge in [0.25, 0.3) is 11.8 Å². The highest BCUT2D eigenvalue weighted by Crippen LogP contribution is 2.42. The lowest BCUT2D eigenvalue weighted by atomic mass is 9.77. The van der Waals surface area contributed by atoms with Gasteiger partial charge in [0.15, 0.2) is 0 Å². The highest BCUT2D eigenvalue weighted by atomic mass is 19.4. The number of halogens is 4. The summed E-state index contributed by atoms with van der Waals surface area (Å²) in [6.07, 6.45) is 2.69. The van der Waals surface area contributed by atoms with Crippen LogP contribution in [0.1, 0.15) is 69.1 Å². The van der Waals surface area contributed by atoms with E-state index >= 15 is 0 Å². The van der Waals surface area contributed by atoms with Crippen LogP contribution in [0.4, 0.5) is 23.2 Å². The van der Waals surface area contributed by atoms with Crippen molar-refractivity contribution in [3.63, 3.8) is 0 Å². The summed E-state index contributed by atoms with van der Waals surface area (Å²) in [5, 5.41) is 2.59. The number of aryl methyl sites for hydroxylation is 1. The fourth-order valence-corrected chi connectivity index (χ4v) is 6.60. The second kappa shape index (κ2) is 10.5. The Labute approximate surface area is 235 Å². The van der Waals surface area contributed by atoms with Crippen molar-refractivity contribution in [1.82, 2.24) is 15.2 Å². The van der Waals surface area contributed by atoms with E-state index in [0.29, 0.717) is 43.1 Å². The molecule has 41 heavy (non-hydrogen) atoms.